The van der Waals surface area contributed by atoms with Crippen molar-refractivity contribution in [2.24, 2.45) is 5.92 Å². The van der Waals surface area contributed by atoms with Crippen LogP contribution in [0, 0.1) is 5.92 Å². The maximum atomic E-state index is 11.8. The summed E-state index contributed by atoms with van der Waals surface area (Å²) in [6, 6.07) is 15.8. The smallest absolute Gasteiger partial charge is 0.308 e. The molecule has 0 unspecified atom stereocenters. The maximum absolute atomic E-state index is 11.8. The van der Waals surface area contributed by atoms with Gasteiger partial charge in [-0.15, -0.1) is 11.3 Å². The van der Waals surface area contributed by atoms with E-state index in [1.165, 1.54) is 7.11 Å². The molecule has 172 valence electrons. The zero-order chi connectivity index (χ0) is 23.2. The van der Waals surface area contributed by atoms with Crippen molar-refractivity contribution in [1.82, 2.24) is 4.98 Å². The molecule has 0 atom stereocenters. The molecule has 0 amide bonds. The van der Waals surface area contributed by atoms with Gasteiger partial charge in [0.25, 0.3) is 0 Å². The molecule has 0 aliphatic heterocycles. The minimum Gasteiger partial charge on any atom is -0.497 e. The van der Waals surface area contributed by atoms with Crippen molar-refractivity contribution in [3.63, 3.8) is 0 Å². The SMILES string of the molecule is COC(=O)C1CCC(c2ncc(-c3ccc(NC(=S)Nc4ccc(OC)cc4)cc3)s2)CC1. The van der Waals surface area contributed by atoms with Crippen LogP contribution in [0.3, 0.4) is 0 Å². The molecule has 3 aromatic rings. The van der Waals surface area contributed by atoms with Crippen molar-refractivity contribution in [1.29, 1.82) is 0 Å². The fourth-order valence-corrected chi connectivity index (χ4v) is 5.37. The number of benzene rings is 2. The highest BCUT2D eigenvalue weighted by Crippen LogP contribution is 2.39. The topological polar surface area (TPSA) is 72.5 Å². The number of aromatic nitrogens is 1. The van der Waals surface area contributed by atoms with Crippen molar-refractivity contribution in [3.8, 4) is 16.2 Å². The van der Waals surface area contributed by atoms with Gasteiger partial charge in [0.15, 0.2) is 5.11 Å². The molecule has 1 aliphatic carbocycles. The number of hydrogen-bond donors (Lipinski definition) is 2. The molecule has 0 bridgehead atoms. The van der Waals surface area contributed by atoms with Gasteiger partial charge in [-0.25, -0.2) is 4.98 Å². The molecule has 8 heteroatoms. The zero-order valence-electron chi connectivity index (χ0n) is 18.7. The molecule has 6 nitrogen and oxygen atoms in total. The predicted molar refractivity (Wildman–Crippen MR) is 137 cm³/mol. The maximum Gasteiger partial charge on any atom is 0.308 e. The molecule has 33 heavy (non-hydrogen) atoms. The third-order valence-corrected chi connectivity index (χ3v) is 7.32. The summed E-state index contributed by atoms with van der Waals surface area (Å²) in [6.07, 6.45) is 5.65. The van der Waals surface area contributed by atoms with Crippen LogP contribution in [-0.2, 0) is 9.53 Å². The molecule has 1 heterocycles. The van der Waals surface area contributed by atoms with Crippen LogP contribution in [0.15, 0.2) is 54.7 Å². The molecule has 2 aromatic carbocycles. The summed E-state index contributed by atoms with van der Waals surface area (Å²) >= 11 is 7.16. The summed E-state index contributed by atoms with van der Waals surface area (Å²) in [5, 5.41) is 8.06. The summed E-state index contributed by atoms with van der Waals surface area (Å²) < 4.78 is 10.1. The van der Waals surface area contributed by atoms with Crippen LogP contribution >= 0.6 is 23.6 Å². The van der Waals surface area contributed by atoms with Gasteiger partial charge in [0.1, 0.15) is 5.75 Å². The number of nitrogens with zero attached hydrogens (tertiary/aromatic N) is 1. The number of rotatable bonds is 6. The lowest BCUT2D eigenvalue weighted by Gasteiger charge is -2.25. The van der Waals surface area contributed by atoms with E-state index in [-0.39, 0.29) is 11.9 Å². The fourth-order valence-electron chi connectivity index (χ4n) is 4.04. The molecule has 1 saturated carbocycles. The van der Waals surface area contributed by atoms with E-state index in [9.17, 15) is 4.79 Å². The van der Waals surface area contributed by atoms with E-state index in [0.29, 0.717) is 11.0 Å². The number of thiocarbonyl (C=S) groups is 1. The summed E-state index contributed by atoms with van der Waals surface area (Å²) in [7, 11) is 3.11. The number of carbonyl (C=O) groups is 1. The van der Waals surface area contributed by atoms with E-state index in [1.54, 1.807) is 18.4 Å². The number of anilines is 2. The Hall–Kier alpha value is -2.97. The van der Waals surface area contributed by atoms with Crippen molar-refractivity contribution in [3.05, 3.63) is 59.7 Å². The Labute approximate surface area is 203 Å². The normalized spacial score (nSPS) is 17.8. The van der Waals surface area contributed by atoms with E-state index in [0.717, 1.165) is 58.3 Å². The van der Waals surface area contributed by atoms with Gasteiger partial charge in [0, 0.05) is 23.5 Å². The monoisotopic (exact) mass is 481 g/mol. The first-order valence-electron chi connectivity index (χ1n) is 10.9. The van der Waals surface area contributed by atoms with E-state index >= 15 is 0 Å². The lowest BCUT2D eigenvalue weighted by molar-refractivity contribution is -0.146. The molecule has 1 aliphatic rings. The van der Waals surface area contributed by atoms with Gasteiger partial charge in [0.2, 0.25) is 0 Å². The van der Waals surface area contributed by atoms with Crippen LogP contribution in [0.5, 0.6) is 5.75 Å². The van der Waals surface area contributed by atoms with Crippen LogP contribution in [0.2, 0.25) is 0 Å². The summed E-state index contributed by atoms with van der Waals surface area (Å²) in [6.45, 7) is 0. The van der Waals surface area contributed by atoms with Gasteiger partial charge < -0.3 is 20.1 Å². The number of methoxy groups -OCH3 is 2. The average Bonchev–Trinajstić information content (AvgIpc) is 3.35. The Morgan fingerprint density at radius 2 is 1.58 bits per heavy atom. The highest BCUT2D eigenvalue weighted by molar-refractivity contribution is 7.80. The first-order valence-corrected chi connectivity index (χ1v) is 12.1. The Morgan fingerprint density at radius 3 is 2.15 bits per heavy atom. The number of nitrogens with one attached hydrogen (secondary N) is 2. The molecule has 2 N–H and O–H groups in total. The van der Waals surface area contributed by atoms with Crippen molar-refractivity contribution in [2.45, 2.75) is 31.6 Å². The van der Waals surface area contributed by atoms with Gasteiger partial charge in [0.05, 0.1) is 30.0 Å². The Bertz CT molecular complexity index is 1090. The zero-order valence-corrected chi connectivity index (χ0v) is 20.3. The first-order chi connectivity index (χ1) is 16.1. The highest BCUT2D eigenvalue weighted by Gasteiger charge is 2.29. The second-order valence-electron chi connectivity index (χ2n) is 8.02. The number of thiazole rings is 1. The standard InChI is InChI=1S/C25H27N3O3S2/c1-30-21-13-11-20(12-14-21)28-25(32)27-19-9-7-16(8-10-19)22-15-26-23(33-22)17-3-5-18(6-4-17)24(29)31-2/h7-15,17-18H,3-6H2,1-2H3,(H2,27,28,32). The second-order valence-corrected chi connectivity index (χ2v) is 9.49. The fraction of sp³-hybridized carbons (Fsp3) is 0.320. The molecule has 4 rings (SSSR count). The van der Waals surface area contributed by atoms with E-state index in [2.05, 4.69) is 27.8 Å². The number of carbonyl (C=O) groups excluding carboxylic acids is 1. The van der Waals surface area contributed by atoms with Gasteiger partial charge in [-0.05, 0) is 79.9 Å². The minimum absolute atomic E-state index is 0.0380. The Balaban J connectivity index is 1.32. The van der Waals surface area contributed by atoms with Crippen LogP contribution < -0.4 is 15.4 Å². The average molecular weight is 482 g/mol. The van der Waals surface area contributed by atoms with Crippen LogP contribution in [0.25, 0.3) is 10.4 Å². The van der Waals surface area contributed by atoms with Gasteiger partial charge in [-0.3, -0.25) is 4.79 Å². The minimum atomic E-state index is -0.0827. The third-order valence-electron chi connectivity index (χ3n) is 5.91. The van der Waals surface area contributed by atoms with E-state index < -0.39 is 0 Å². The van der Waals surface area contributed by atoms with Gasteiger partial charge in [-0.2, -0.15) is 0 Å². The van der Waals surface area contributed by atoms with Crippen molar-refractivity contribution >= 4 is 46.0 Å². The Morgan fingerprint density at radius 1 is 0.970 bits per heavy atom. The number of esters is 1. The first kappa shape index (κ1) is 23.2. The largest absolute Gasteiger partial charge is 0.497 e. The molecule has 1 fully saturated rings. The predicted octanol–water partition coefficient (Wildman–Crippen LogP) is 6.07. The third kappa shape index (κ3) is 5.89. The quantitative estimate of drug-likeness (QED) is 0.327. The summed E-state index contributed by atoms with van der Waals surface area (Å²) in [5.41, 5.74) is 2.93. The van der Waals surface area contributed by atoms with Crippen molar-refractivity contribution in [2.75, 3.05) is 24.9 Å². The molecule has 0 spiro atoms. The molecule has 0 saturated heterocycles. The van der Waals surface area contributed by atoms with Crippen LogP contribution in [0.1, 0.15) is 36.6 Å². The van der Waals surface area contributed by atoms with Gasteiger partial charge in [-0.1, -0.05) is 12.1 Å². The van der Waals surface area contributed by atoms with Crippen LogP contribution in [0.4, 0.5) is 11.4 Å². The Kier molecular flexibility index (Phi) is 7.57. The molecule has 1 aromatic heterocycles. The lowest BCUT2D eigenvalue weighted by atomic mass is 9.82. The number of hydrogen-bond acceptors (Lipinski definition) is 6. The number of ether oxygens (including phenoxy) is 2. The van der Waals surface area contributed by atoms with Crippen LogP contribution in [-0.4, -0.2) is 30.3 Å². The lowest BCUT2D eigenvalue weighted by Crippen LogP contribution is -2.22. The highest BCUT2D eigenvalue weighted by atomic mass is 32.1. The van der Waals surface area contributed by atoms with E-state index in [1.807, 2.05) is 42.6 Å². The van der Waals surface area contributed by atoms with Gasteiger partial charge >= 0.3 is 5.97 Å². The molecular formula is C25H27N3O3S2. The molecule has 0 radical (unpaired) electrons. The summed E-state index contributed by atoms with van der Waals surface area (Å²) in [5.74, 6) is 1.18. The van der Waals surface area contributed by atoms with Crippen molar-refractivity contribution < 1.29 is 14.3 Å². The summed E-state index contributed by atoms with van der Waals surface area (Å²) in [4.78, 5) is 17.6. The molecular weight excluding hydrogens is 454 g/mol. The van der Waals surface area contributed by atoms with E-state index in [4.69, 9.17) is 21.7 Å². The second kappa shape index (κ2) is 10.8.